The predicted octanol–water partition coefficient (Wildman–Crippen LogP) is 4.73. The molecule has 2 aromatic carbocycles. The molecule has 0 unspecified atom stereocenters. The number of hydrogen-bond acceptors (Lipinski definition) is 1. The monoisotopic (exact) mass is 267 g/mol. The summed E-state index contributed by atoms with van der Waals surface area (Å²) in [7, 11) is 0. The Balaban J connectivity index is 2.00. The van der Waals surface area contributed by atoms with Gasteiger partial charge in [0.1, 0.15) is 5.82 Å². The Bertz CT molecular complexity index is 630. The Labute approximate surface area is 119 Å². The number of nitrogens with one attached hydrogen (secondary N) is 1. The number of benzene rings is 2. The zero-order valence-corrected chi connectivity index (χ0v) is 11.6. The highest BCUT2D eigenvalue weighted by atomic mass is 19.1. The summed E-state index contributed by atoms with van der Waals surface area (Å²) in [4.78, 5) is 0. The topological polar surface area (TPSA) is 12.0 Å². The molecule has 102 valence electrons. The normalized spacial score (nSPS) is 20.9. The minimum atomic E-state index is -0.197. The van der Waals surface area contributed by atoms with Gasteiger partial charge in [-0.05, 0) is 42.7 Å². The number of rotatable bonds is 2. The lowest BCUT2D eigenvalue weighted by atomic mass is 9.80. The molecule has 0 bridgehead atoms. The summed E-state index contributed by atoms with van der Waals surface area (Å²) in [6, 6.07) is 15.3. The van der Waals surface area contributed by atoms with Crippen molar-refractivity contribution in [1.82, 2.24) is 0 Å². The molecule has 1 aliphatic heterocycles. The van der Waals surface area contributed by atoms with Crippen LogP contribution in [0.2, 0.25) is 0 Å². The number of halogens is 1. The molecule has 1 nitrogen and oxygen atoms in total. The smallest absolute Gasteiger partial charge is 0.123 e. The van der Waals surface area contributed by atoms with Gasteiger partial charge in [0.15, 0.2) is 0 Å². The minimum Gasteiger partial charge on any atom is -0.377 e. The molecule has 0 fully saturated rings. The largest absolute Gasteiger partial charge is 0.377 e. The number of fused-ring (bicyclic) bond motifs is 1. The van der Waals surface area contributed by atoms with Crippen LogP contribution in [-0.4, -0.2) is 0 Å². The maximum atomic E-state index is 13.1. The van der Waals surface area contributed by atoms with Gasteiger partial charge in [0.05, 0.1) is 6.04 Å². The van der Waals surface area contributed by atoms with Gasteiger partial charge < -0.3 is 5.32 Å². The van der Waals surface area contributed by atoms with E-state index in [1.54, 1.807) is 0 Å². The van der Waals surface area contributed by atoms with Crippen molar-refractivity contribution in [2.45, 2.75) is 19.4 Å². The van der Waals surface area contributed by atoms with Crippen molar-refractivity contribution in [1.29, 1.82) is 0 Å². The molecule has 20 heavy (non-hydrogen) atoms. The van der Waals surface area contributed by atoms with Crippen LogP contribution in [0.15, 0.2) is 60.7 Å². The van der Waals surface area contributed by atoms with Gasteiger partial charge >= 0.3 is 0 Å². The third kappa shape index (κ3) is 2.34. The van der Waals surface area contributed by atoms with E-state index in [1.807, 2.05) is 18.2 Å². The number of hydrogen-bond donors (Lipinski definition) is 1. The third-order valence-electron chi connectivity index (χ3n) is 4.03. The molecule has 0 aromatic heterocycles. The van der Waals surface area contributed by atoms with Crippen molar-refractivity contribution in [3.05, 3.63) is 77.6 Å². The van der Waals surface area contributed by atoms with Gasteiger partial charge in [0.25, 0.3) is 0 Å². The van der Waals surface area contributed by atoms with Crippen molar-refractivity contribution in [3.8, 4) is 0 Å². The Morgan fingerprint density at radius 3 is 2.55 bits per heavy atom. The second-order valence-corrected chi connectivity index (χ2v) is 5.49. The summed E-state index contributed by atoms with van der Waals surface area (Å²) in [5.41, 5.74) is 4.74. The zero-order chi connectivity index (χ0) is 14.1. The van der Waals surface area contributed by atoms with Gasteiger partial charge in [0.2, 0.25) is 0 Å². The Morgan fingerprint density at radius 2 is 1.85 bits per heavy atom. The highest BCUT2D eigenvalue weighted by Crippen LogP contribution is 2.39. The summed E-state index contributed by atoms with van der Waals surface area (Å²) in [6.07, 6.45) is 0.973. The van der Waals surface area contributed by atoms with Crippen LogP contribution >= 0.6 is 0 Å². The van der Waals surface area contributed by atoms with Crippen LogP contribution in [0.4, 0.5) is 10.1 Å². The SMILES string of the molecule is C=C(C)[C@H]1Cc2ccccc2N[C@H]1c1ccc(F)cc1. The van der Waals surface area contributed by atoms with Crippen LogP contribution in [0.3, 0.4) is 0 Å². The molecule has 2 atom stereocenters. The van der Waals surface area contributed by atoms with Crippen molar-refractivity contribution < 1.29 is 4.39 Å². The number of anilines is 1. The lowest BCUT2D eigenvalue weighted by molar-refractivity contribution is 0.504. The molecule has 1 N–H and O–H groups in total. The Morgan fingerprint density at radius 1 is 1.15 bits per heavy atom. The third-order valence-corrected chi connectivity index (χ3v) is 4.03. The predicted molar refractivity (Wildman–Crippen MR) is 81.2 cm³/mol. The Hall–Kier alpha value is -2.09. The fourth-order valence-electron chi connectivity index (χ4n) is 2.91. The molecule has 3 rings (SSSR count). The van der Waals surface area contributed by atoms with E-state index in [-0.39, 0.29) is 11.9 Å². The molecular formula is C18H18FN. The lowest BCUT2D eigenvalue weighted by Crippen LogP contribution is -2.28. The van der Waals surface area contributed by atoms with E-state index < -0.39 is 0 Å². The molecule has 2 aromatic rings. The van der Waals surface area contributed by atoms with Crippen LogP contribution in [-0.2, 0) is 6.42 Å². The quantitative estimate of drug-likeness (QED) is 0.776. The molecule has 1 heterocycles. The summed E-state index contributed by atoms with van der Waals surface area (Å²) in [5, 5.41) is 3.58. The van der Waals surface area contributed by atoms with Crippen LogP contribution in [0.5, 0.6) is 0 Å². The van der Waals surface area contributed by atoms with Crippen LogP contribution < -0.4 is 5.32 Å². The highest BCUT2D eigenvalue weighted by Gasteiger charge is 2.29. The van der Waals surface area contributed by atoms with E-state index in [0.717, 1.165) is 17.6 Å². The first-order chi connectivity index (χ1) is 9.65. The minimum absolute atomic E-state index is 0.156. The van der Waals surface area contributed by atoms with Gasteiger partial charge in [-0.25, -0.2) is 4.39 Å². The second kappa shape index (κ2) is 5.12. The fourth-order valence-corrected chi connectivity index (χ4v) is 2.91. The number of para-hydroxylation sites is 1. The average molecular weight is 267 g/mol. The lowest BCUT2D eigenvalue weighted by Gasteiger charge is -2.35. The first-order valence-electron chi connectivity index (χ1n) is 6.90. The molecule has 2 heteroatoms. The van der Waals surface area contributed by atoms with E-state index in [0.29, 0.717) is 5.92 Å². The summed E-state index contributed by atoms with van der Waals surface area (Å²) in [5.74, 6) is 0.132. The van der Waals surface area contributed by atoms with Crippen LogP contribution in [0.1, 0.15) is 24.1 Å². The van der Waals surface area contributed by atoms with Gasteiger partial charge in [-0.2, -0.15) is 0 Å². The van der Waals surface area contributed by atoms with Crippen LogP contribution in [0.25, 0.3) is 0 Å². The second-order valence-electron chi connectivity index (χ2n) is 5.49. The molecule has 0 aliphatic carbocycles. The summed E-state index contributed by atoms with van der Waals surface area (Å²) in [6.45, 7) is 6.20. The first kappa shape index (κ1) is 12.9. The standard InChI is InChI=1S/C18H18FN/c1-12(2)16-11-14-5-3-4-6-17(14)20-18(16)13-7-9-15(19)10-8-13/h3-10,16,18,20H,1,11H2,2H3/t16-,18+/m1/s1. The molecule has 0 saturated heterocycles. The van der Waals surface area contributed by atoms with Crippen molar-refractivity contribution in [2.24, 2.45) is 5.92 Å². The van der Waals surface area contributed by atoms with Gasteiger partial charge in [-0.3, -0.25) is 0 Å². The van der Waals surface area contributed by atoms with Gasteiger partial charge in [-0.1, -0.05) is 42.5 Å². The maximum Gasteiger partial charge on any atom is 0.123 e. The van der Waals surface area contributed by atoms with E-state index in [2.05, 4.69) is 37.0 Å². The van der Waals surface area contributed by atoms with E-state index in [9.17, 15) is 4.39 Å². The molecule has 1 aliphatic rings. The summed E-state index contributed by atoms with van der Waals surface area (Å²) < 4.78 is 13.1. The van der Waals surface area contributed by atoms with Crippen molar-refractivity contribution in [2.75, 3.05) is 5.32 Å². The first-order valence-corrected chi connectivity index (χ1v) is 6.90. The molecule has 0 radical (unpaired) electrons. The van der Waals surface area contributed by atoms with Gasteiger partial charge in [-0.15, -0.1) is 0 Å². The summed E-state index contributed by atoms with van der Waals surface area (Å²) >= 11 is 0. The maximum absolute atomic E-state index is 13.1. The average Bonchev–Trinajstić information content (AvgIpc) is 2.46. The molecular weight excluding hydrogens is 249 g/mol. The van der Waals surface area contributed by atoms with Gasteiger partial charge in [0, 0.05) is 11.6 Å². The van der Waals surface area contributed by atoms with E-state index in [4.69, 9.17) is 0 Å². The van der Waals surface area contributed by atoms with E-state index >= 15 is 0 Å². The van der Waals surface area contributed by atoms with Crippen molar-refractivity contribution >= 4 is 5.69 Å². The van der Waals surface area contributed by atoms with Crippen LogP contribution in [0, 0.1) is 11.7 Å². The molecule has 0 spiro atoms. The molecule has 0 saturated carbocycles. The molecule has 0 amide bonds. The zero-order valence-electron chi connectivity index (χ0n) is 11.6. The van der Waals surface area contributed by atoms with E-state index in [1.165, 1.54) is 23.4 Å². The Kier molecular flexibility index (Phi) is 3.31. The van der Waals surface area contributed by atoms with Crippen molar-refractivity contribution in [3.63, 3.8) is 0 Å². The highest BCUT2D eigenvalue weighted by molar-refractivity contribution is 5.56. The fraction of sp³-hybridized carbons (Fsp3) is 0.222.